The van der Waals surface area contributed by atoms with E-state index in [0.717, 1.165) is 5.69 Å². The predicted molar refractivity (Wildman–Crippen MR) is 68.4 cm³/mol. The Morgan fingerprint density at radius 1 is 1.30 bits per heavy atom. The summed E-state index contributed by atoms with van der Waals surface area (Å²) < 4.78 is 41.1. The van der Waals surface area contributed by atoms with Crippen molar-refractivity contribution in [2.45, 2.75) is 45.1 Å². The number of nitrogens with one attached hydrogen (secondary N) is 1. The first-order chi connectivity index (χ1) is 9.08. The zero-order chi connectivity index (χ0) is 15.4. The van der Waals surface area contributed by atoms with Crippen LogP contribution in [0.2, 0.25) is 0 Å². The molecule has 0 bridgehead atoms. The van der Waals surface area contributed by atoms with Crippen molar-refractivity contribution in [2.75, 3.05) is 6.61 Å². The second kappa shape index (κ2) is 6.41. The average molecular weight is 292 g/mol. The molecule has 0 aliphatic heterocycles. The second-order valence-corrected chi connectivity index (χ2v) is 5.46. The molecule has 0 aromatic carbocycles. The van der Waals surface area contributed by atoms with Gasteiger partial charge in [-0.15, -0.1) is 0 Å². The van der Waals surface area contributed by atoms with Crippen LogP contribution in [-0.4, -0.2) is 34.5 Å². The van der Waals surface area contributed by atoms with E-state index in [2.05, 4.69) is 10.3 Å². The van der Waals surface area contributed by atoms with Crippen molar-refractivity contribution in [2.24, 2.45) is 0 Å². The molecule has 0 fully saturated rings. The van der Waals surface area contributed by atoms with Gasteiger partial charge in [0.05, 0.1) is 11.9 Å². The Morgan fingerprint density at radius 3 is 2.40 bits per heavy atom. The fourth-order valence-electron chi connectivity index (χ4n) is 1.23. The Labute approximate surface area is 116 Å². The zero-order valence-corrected chi connectivity index (χ0v) is 11.7. The van der Waals surface area contributed by atoms with Crippen molar-refractivity contribution in [1.82, 2.24) is 10.3 Å². The van der Waals surface area contributed by atoms with Crippen LogP contribution in [0.5, 0.6) is 5.75 Å². The Bertz CT molecular complexity index is 413. The van der Waals surface area contributed by atoms with E-state index >= 15 is 0 Å². The highest BCUT2D eigenvalue weighted by molar-refractivity contribution is 5.20. The van der Waals surface area contributed by atoms with E-state index in [-0.39, 0.29) is 11.3 Å². The summed E-state index contributed by atoms with van der Waals surface area (Å²) >= 11 is 0. The lowest BCUT2D eigenvalue weighted by Gasteiger charge is -2.20. The molecule has 1 aromatic rings. The van der Waals surface area contributed by atoms with Crippen molar-refractivity contribution >= 4 is 0 Å². The van der Waals surface area contributed by atoms with Crippen molar-refractivity contribution in [3.05, 3.63) is 24.0 Å². The molecule has 0 saturated carbocycles. The Kier molecular flexibility index (Phi) is 5.35. The predicted octanol–water partition coefficient (Wildman–Crippen LogP) is 2.27. The summed E-state index contributed by atoms with van der Waals surface area (Å²) in [7, 11) is 0. The summed E-state index contributed by atoms with van der Waals surface area (Å²) in [6.07, 6.45) is -5.84. The summed E-state index contributed by atoms with van der Waals surface area (Å²) in [5, 5.41) is 12.0. The van der Waals surface area contributed by atoms with Crippen LogP contribution in [-0.2, 0) is 6.54 Å². The summed E-state index contributed by atoms with van der Waals surface area (Å²) in [5.74, 6) is 0.188. The molecule has 0 saturated heterocycles. The van der Waals surface area contributed by atoms with Crippen LogP contribution >= 0.6 is 0 Å². The van der Waals surface area contributed by atoms with Crippen LogP contribution in [0.25, 0.3) is 0 Å². The molecular formula is C13H19F3N2O2. The minimum absolute atomic E-state index is 0.0479. The maximum Gasteiger partial charge on any atom is 0.417 e. The first-order valence-electron chi connectivity index (χ1n) is 6.15. The Balaban J connectivity index is 2.47. The topological polar surface area (TPSA) is 54.4 Å². The van der Waals surface area contributed by atoms with Gasteiger partial charge in [0.15, 0.2) is 6.10 Å². The number of hydrogen-bond donors (Lipinski definition) is 2. The van der Waals surface area contributed by atoms with Gasteiger partial charge in [0.2, 0.25) is 0 Å². The number of pyridine rings is 1. The molecule has 2 N–H and O–H groups in total. The maximum atomic E-state index is 12.1. The molecule has 0 radical (unpaired) electrons. The molecule has 1 aromatic heterocycles. The minimum atomic E-state index is -4.68. The molecular weight excluding hydrogens is 273 g/mol. The van der Waals surface area contributed by atoms with Gasteiger partial charge < -0.3 is 15.2 Å². The monoisotopic (exact) mass is 292 g/mol. The highest BCUT2D eigenvalue weighted by atomic mass is 19.4. The Morgan fingerprint density at radius 2 is 1.95 bits per heavy atom. The van der Waals surface area contributed by atoms with Gasteiger partial charge in [-0.2, -0.15) is 13.2 Å². The van der Waals surface area contributed by atoms with Crippen molar-refractivity contribution in [1.29, 1.82) is 0 Å². The quantitative estimate of drug-likeness (QED) is 0.874. The van der Waals surface area contributed by atoms with Crippen molar-refractivity contribution < 1.29 is 23.0 Å². The van der Waals surface area contributed by atoms with E-state index in [1.54, 1.807) is 6.07 Å². The molecule has 7 heteroatoms. The van der Waals surface area contributed by atoms with Crippen molar-refractivity contribution in [3.63, 3.8) is 0 Å². The summed E-state index contributed by atoms with van der Waals surface area (Å²) in [5.41, 5.74) is 0.705. The van der Waals surface area contributed by atoms with Gasteiger partial charge >= 0.3 is 6.18 Å². The van der Waals surface area contributed by atoms with Gasteiger partial charge in [-0.1, -0.05) is 0 Å². The standard InChI is InChI=1S/C13H19F3N2O2/c1-12(2,3)18-6-9-4-5-10(7-17-9)20-8-11(19)13(14,15)16/h4-5,7,11,18-19H,6,8H2,1-3H3. The van der Waals surface area contributed by atoms with Crippen LogP contribution in [0, 0.1) is 0 Å². The van der Waals surface area contributed by atoms with E-state index < -0.39 is 18.9 Å². The maximum absolute atomic E-state index is 12.1. The van der Waals surface area contributed by atoms with Crippen LogP contribution in [0.1, 0.15) is 26.5 Å². The molecule has 1 rings (SSSR count). The van der Waals surface area contributed by atoms with Crippen LogP contribution in [0.15, 0.2) is 18.3 Å². The number of aliphatic hydroxyl groups excluding tert-OH is 1. The second-order valence-electron chi connectivity index (χ2n) is 5.46. The lowest BCUT2D eigenvalue weighted by molar-refractivity contribution is -0.210. The molecule has 4 nitrogen and oxygen atoms in total. The van der Waals surface area contributed by atoms with Crippen LogP contribution < -0.4 is 10.1 Å². The third-order valence-corrected chi connectivity index (χ3v) is 2.38. The van der Waals surface area contributed by atoms with E-state index in [1.807, 2.05) is 20.8 Å². The van der Waals surface area contributed by atoms with Gasteiger partial charge in [-0.05, 0) is 32.9 Å². The highest BCUT2D eigenvalue weighted by Gasteiger charge is 2.38. The van der Waals surface area contributed by atoms with Gasteiger partial charge in [-0.25, -0.2) is 0 Å². The van der Waals surface area contributed by atoms with Gasteiger partial charge in [0.25, 0.3) is 0 Å². The van der Waals surface area contributed by atoms with E-state index in [1.165, 1.54) is 12.3 Å². The third-order valence-electron chi connectivity index (χ3n) is 2.38. The normalized spacial score (nSPS) is 14.2. The number of rotatable bonds is 5. The number of ether oxygens (including phenoxy) is 1. The molecule has 1 heterocycles. The van der Waals surface area contributed by atoms with E-state index in [9.17, 15) is 13.2 Å². The lowest BCUT2D eigenvalue weighted by Crippen LogP contribution is -2.35. The number of alkyl halides is 3. The number of nitrogens with zero attached hydrogens (tertiary/aromatic N) is 1. The lowest BCUT2D eigenvalue weighted by atomic mass is 10.1. The average Bonchev–Trinajstić information content (AvgIpc) is 2.32. The smallest absolute Gasteiger partial charge is 0.417 e. The highest BCUT2D eigenvalue weighted by Crippen LogP contribution is 2.21. The summed E-state index contributed by atoms with van der Waals surface area (Å²) in [6.45, 7) is 5.76. The molecule has 0 spiro atoms. The molecule has 1 atom stereocenters. The number of aliphatic hydroxyl groups is 1. The minimum Gasteiger partial charge on any atom is -0.489 e. The Hall–Kier alpha value is -1.34. The molecule has 1 unspecified atom stereocenters. The van der Waals surface area contributed by atoms with Gasteiger partial charge in [0, 0.05) is 12.1 Å². The number of hydrogen-bond acceptors (Lipinski definition) is 4. The van der Waals surface area contributed by atoms with Crippen LogP contribution in [0.4, 0.5) is 13.2 Å². The number of halogens is 3. The van der Waals surface area contributed by atoms with Gasteiger partial charge in [-0.3, -0.25) is 4.98 Å². The van der Waals surface area contributed by atoms with E-state index in [0.29, 0.717) is 6.54 Å². The fourth-order valence-corrected chi connectivity index (χ4v) is 1.23. The molecule has 114 valence electrons. The first-order valence-corrected chi connectivity index (χ1v) is 6.15. The van der Waals surface area contributed by atoms with Crippen LogP contribution in [0.3, 0.4) is 0 Å². The summed E-state index contributed by atoms with van der Waals surface area (Å²) in [4.78, 5) is 4.07. The first kappa shape index (κ1) is 16.7. The van der Waals surface area contributed by atoms with E-state index in [4.69, 9.17) is 9.84 Å². The largest absolute Gasteiger partial charge is 0.489 e. The molecule has 0 aliphatic carbocycles. The SMILES string of the molecule is CC(C)(C)NCc1ccc(OCC(O)C(F)(F)F)cn1. The molecule has 20 heavy (non-hydrogen) atoms. The van der Waals surface area contributed by atoms with Gasteiger partial charge in [0.1, 0.15) is 12.4 Å². The molecule has 0 amide bonds. The summed E-state index contributed by atoms with van der Waals surface area (Å²) in [6, 6.07) is 3.18. The third kappa shape index (κ3) is 6.21. The number of aromatic nitrogens is 1. The zero-order valence-electron chi connectivity index (χ0n) is 11.7. The van der Waals surface area contributed by atoms with Crippen molar-refractivity contribution in [3.8, 4) is 5.75 Å². The fraction of sp³-hybridized carbons (Fsp3) is 0.615. The molecule has 0 aliphatic rings.